The maximum Gasteiger partial charge on any atom is 0.374 e. The normalized spacial score (nSPS) is 12.4. The largest absolute Gasteiger partial charge is 0.507 e. The first-order chi connectivity index (χ1) is 21.7. The maximum absolute atomic E-state index is 14.4. The predicted octanol–water partition coefficient (Wildman–Crippen LogP) is 7.80. The molecule has 0 amide bonds. The monoisotopic (exact) mass is 651 g/mol. The van der Waals surface area contributed by atoms with E-state index in [1.165, 1.54) is 6.07 Å². The number of phenols is 1. The minimum absolute atomic E-state index is 0.0661. The molecule has 2 N–H and O–H groups in total. The Morgan fingerprint density at radius 1 is 0.851 bits per heavy atom. The van der Waals surface area contributed by atoms with E-state index in [2.05, 4.69) is 4.57 Å². The van der Waals surface area contributed by atoms with Gasteiger partial charge in [0.2, 0.25) is 5.62 Å². The minimum atomic E-state index is -3.58. The molecule has 7 nitrogen and oxygen atoms in total. The van der Waals surface area contributed by atoms with Crippen molar-refractivity contribution in [1.82, 2.24) is 9.13 Å². The number of hydrogen-bond donors (Lipinski definition) is 2. The maximum atomic E-state index is 14.4. The summed E-state index contributed by atoms with van der Waals surface area (Å²) < 4.78 is 40.8. The fourth-order valence-corrected chi connectivity index (χ4v) is 4.89. The van der Waals surface area contributed by atoms with Crippen LogP contribution in [0, 0.1) is 12.7 Å². The Hall–Kier alpha value is -4.60. The highest BCUT2D eigenvalue weighted by molar-refractivity contribution is 5.96. The number of alkyl halides is 2. The number of Topliss-reactive ketones (excluding diaryl/α,β-unsaturated/α-hetero) is 1. The second kappa shape index (κ2) is 14.4. The van der Waals surface area contributed by atoms with Crippen LogP contribution in [0.15, 0.2) is 77.9 Å². The van der Waals surface area contributed by atoms with Crippen LogP contribution in [0.25, 0.3) is 0 Å². The SMILES string of the molecule is CC(F)(F)C(=O)O.Cc1cn(CC(=O)c2cc(C(C)(C)C)c(O)c(C(C)(C)C)c2)c(=NCc2ccccc2F)n1Cc1ccccc1. The number of halogens is 3. The number of aryl methyl sites for hydroxylation is 1. The van der Waals surface area contributed by atoms with E-state index in [0.29, 0.717) is 30.2 Å². The number of imidazole rings is 1. The summed E-state index contributed by atoms with van der Waals surface area (Å²) >= 11 is 0. The third-order valence-electron chi connectivity index (χ3n) is 7.54. The van der Waals surface area contributed by atoms with Crippen molar-refractivity contribution in [2.45, 2.75) is 91.8 Å². The lowest BCUT2D eigenvalue weighted by Gasteiger charge is -2.28. The van der Waals surface area contributed by atoms with Crippen molar-refractivity contribution in [3.05, 3.63) is 118 Å². The molecule has 1 heterocycles. The van der Waals surface area contributed by atoms with Crippen molar-refractivity contribution in [1.29, 1.82) is 0 Å². The van der Waals surface area contributed by atoms with Gasteiger partial charge in [0.1, 0.15) is 11.6 Å². The number of aromatic hydroxyl groups is 1. The van der Waals surface area contributed by atoms with Crippen LogP contribution in [0.5, 0.6) is 5.75 Å². The van der Waals surface area contributed by atoms with Crippen LogP contribution in [-0.4, -0.2) is 37.0 Å². The molecule has 47 heavy (non-hydrogen) atoms. The van der Waals surface area contributed by atoms with E-state index in [4.69, 9.17) is 10.1 Å². The summed E-state index contributed by atoms with van der Waals surface area (Å²) in [4.78, 5) is 27.9. The summed E-state index contributed by atoms with van der Waals surface area (Å²) in [6, 6.07) is 20.3. The van der Waals surface area contributed by atoms with Crippen LogP contribution in [0.3, 0.4) is 0 Å². The fraction of sp³-hybridized carbons (Fsp3) is 0.378. The quantitative estimate of drug-likeness (QED) is 0.190. The number of benzene rings is 3. The summed E-state index contributed by atoms with van der Waals surface area (Å²) in [5.74, 6) is -5.82. The Morgan fingerprint density at radius 2 is 1.36 bits per heavy atom. The number of carboxylic acids is 1. The summed E-state index contributed by atoms with van der Waals surface area (Å²) in [6.45, 7) is 15.3. The minimum Gasteiger partial charge on any atom is -0.507 e. The van der Waals surface area contributed by atoms with Crippen molar-refractivity contribution in [3.8, 4) is 5.75 Å². The fourth-order valence-electron chi connectivity index (χ4n) is 4.89. The van der Waals surface area contributed by atoms with Gasteiger partial charge in [-0.2, -0.15) is 8.78 Å². The smallest absolute Gasteiger partial charge is 0.374 e. The standard InChI is InChI=1S/C34H40FN3O2.C3H4F2O2/c1-23-20-37(22-30(39)26-17-27(33(2,3)4)31(40)28(18-26)34(5,6)7)32(36-19-25-15-11-12-16-29(25)35)38(23)21-24-13-9-8-10-14-24;1-3(4,5)2(6)7/h8-18,20,40H,19,21-22H2,1-7H3;1H3,(H,6,7). The zero-order valence-corrected chi connectivity index (χ0v) is 28.2. The molecule has 4 aromatic rings. The molecular weight excluding hydrogens is 607 g/mol. The highest BCUT2D eigenvalue weighted by atomic mass is 19.3. The topological polar surface area (TPSA) is 96.8 Å². The van der Waals surface area contributed by atoms with Gasteiger partial charge in [-0.15, -0.1) is 0 Å². The Kier molecular flexibility index (Phi) is 11.3. The van der Waals surface area contributed by atoms with E-state index in [1.54, 1.807) is 18.2 Å². The molecule has 3 aromatic carbocycles. The number of nitrogens with zero attached hydrogens (tertiary/aromatic N) is 3. The van der Waals surface area contributed by atoms with Crippen molar-refractivity contribution in [2.75, 3.05) is 0 Å². The Labute approximate surface area is 274 Å². The molecule has 252 valence electrons. The van der Waals surface area contributed by atoms with Crippen LogP contribution < -0.4 is 5.62 Å². The van der Waals surface area contributed by atoms with E-state index in [0.717, 1.165) is 22.4 Å². The molecule has 0 bridgehead atoms. The first kappa shape index (κ1) is 36.9. The molecule has 4 rings (SSSR count). The average molecular weight is 652 g/mol. The lowest BCUT2D eigenvalue weighted by molar-refractivity contribution is -0.161. The van der Waals surface area contributed by atoms with Crippen molar-refractivity contribution >= 4 is 11.8 Å². The van der Waals surface area contributed by atoms with E-state index >= 15 is 0 Å². The van der Waals surface area contributed by atoms with Gasteiger partial charge in [-0.3, -0.25) is 4.79 Å². The van der Waals surface area contributed by atoms with Crippen LogP contribution in [0.2, 0.25) is 0 Å². The molecule has 0 saturated carbocycles. The van der Waals surface area contributed by atoms with Gasteiger partial charge in [0.15, 0.2) is 5.78 Å². The zero-order valence-electron chi connectivity index (χ0n) is 28.2. The predicted molar refractivity (Wildman–Crippen MR) is 176 cm³/mol. The molecule has 1 aromatic heterocycles. The molecule has 0 saturated heterocycles. The third-order valence-corrected chi connectivity index (χ3v) is 7.54. The molecule has 0 aliphatic rings. The van der Waals surface area contributed by atoms with E-state index < -0.39 is 11.9 Å². The van der Waals surface area contributed by atoms with Gasteiger partial charge >= 0.3 is 11.9 Å². The van der Waals surface area contributed by atoms with Gasteiger partial charge in [0.05, 0.1) is 19.6 Å². The number of rotatable bonds is 8. The number of phenolic OH excluding ortho intramolecular Hbond substituents is 1. The summed E-state index contributed by atoms with van der Waals surface area (Å²) in [7, 11) is 0. The van der Waals surface area contributed by atoms with E-state index in [-0.39, 0.29) is 41.3 Å². The molecule has 0 spiro atoms. The Bertz CT molecular complexity index is 1750. The van der Waals surface area contributed by atoms with Crippen LogP contribution in [-0.2, 0) is 35.3 Å². The highest BCUT2D eigenvalue weighted by Crippen LogP contribution is 2.40. The van der Waals surface area contributed by atoms with Gasteiger partial charge in [0.25, 0.3) is 0 Å². The summed E-state index contributed by atoms with van der Waals surface area (Å²) in [5.41, 5.74) is 4.50. The molecular formula is C37H44F3N3O4. The highest BCUT2D eigenvalue weighted by Gasteiger charge is 2.31. The lowest BCUT2D eigenvalue weighted by Crippen LogP contribution is -2.30. The number of aromatic nitrogens is 2. The average Bonchev–Trinajstić information content (AvgIpc) is 3.24. The molecule has 0 radical (unpaired) electrons. The summed E-state index contributed by atoms with van der Waals surface area (Å²) in [6.07, 6.45) is 1.93. The number of hydrogen-bond acceptors (Lipinski definition) is 4. The number of aliphatic carboxylic acids is 1. The molecule has 0 atom stereocenters. The van der Waals surface area contributed by atoms with Crippen LogP contribution in [0.1, 0.15) is 86.8 Å². The number of carbonyl (C=O) groups is 2. The van der Waals surface area contributed by atoms with E-state index in [1.807, 2.05) is 102 Å². The molecule has 10 heteroatoms. The van der Waals surface area contributed by atoms with Crippen molar-refractivity contribution < 1.29 is 33.0 Å². The first-order valence-corrected chi connectivity index (χ1v) is 15.3. The van der Waals surface area contributed by atoms with Crippen LogP contribution >= 0.6 is 0 Å². The number of ketones is 1. The Morgan fingerprint density at radius 3 is 1.85 bits per heavy atom. The van der Waals surface area contributed by atoms with Gasteiger partial charge in [-0.25, -0.2) is 14.2 Å². The molecule has 0 aliphatic carbocycles. The summed E-state index contributed by atoms with van der Waals surface area (Å²) in [5, 5.41) is 18.6. The van der Waals surface area contributed by atoms with Crippen LogP contribution in [0.4, 0.5) is 13.2 Å². The lowest BCUT2D eigenvalue weighted by atomic mass is 9.78. The second-order valence-corrected chi connectivity index (χ2v) is 13.7. The van der Waals surface area contributed by atoms with Gasteiger partial charge in [-0.1, -0.05) is 90.1 Å². The third kappa shape index (κ3) is 9.70. The van der Waals surface area contributed by atoms with Gasteiger partial charge in [-0.05, 0) is 41.5 Å². The zero-order chi connectivity index (χ0) is 35.3. The van der Waals surface area contributed by atoms with Crippen molar-refractivity contribution in [2.24, 2.45) is 4.99 Å². The first-order valence-electron chi connectivity index (χ1n) is 15.3. The second-order valence-electron chi connectivity index (χ2n) is 13.7. The molecule has 0 fully saturated rings. The van der Waals surface area contributed by atoms with Crippen molar-refractivity contribution in [3.63, 3.8) is 0 Å². The number of carboxylic acid groups (broad SMARTS) is 1. The molecule has 0 aliphatic heterocycles. The van der Waals surface area contributed by atoms with Gasteiger partial charge < -0.3 is 19.3 Å². The van der Waals surface area contributed by atoms with Gasteiger partial charge in [0, 0.05) is 41.1 Å². The molecule has 0 unspecified atom stereocenters. The Balaban J connectivity index is 0.000000771. The van der Waals surface area contributed by atoms with E-state index in [9.17, 15) is 27.9 Å². The number of carbonyl (C=O) groups excluding carboxylic acids is 1.